The number of carbonyl (C=O) groups excluding carboxylic acids is 2. The largest absolute Gasteiger partial charge is 0.481 e. The first-order chi connectivity index (χ1) is 11.2. The zero-order chi connectivity index (χ0) is 17.9. The molecule has 1 aromatic rings. The first kappa shape index (κ1) is 18.2. The zero-order valence-electron chi connectivity index (χ0n) is 14.7. The minimum absolute atomic E-state index is 0.0960. The summed E-state index contributed by atoms with van der Waals surface area (Å²) >= 11 is 0. The molecule has 0 N–H and O–H groups in total. The molecule has 2 rings (SSSR count). The summed E-state index contributed by atoms with van der Waals surface area (Å²) in [6.07, 6.45) is -0.698. The molecule has 2 amide bonds. The van der Waals surface area contributed by atoms with Crippen molar-refractivity contribution in [1.29, 1.82) is 0 Å². The van der Waals surface area contributed by atoms with Gasteiger partial charge in [-0.05, 0) is 19.1 Å². The smallest absolute Gasteiger partial charge is 0.263 e. The van der Waals surface area contributed by atoms with Gasteiger partial charge in [-0.1, -0.05) is 26.8 Å². The third-order valence-electron chi connectivity index (χ3n) is 3.98. The van der Waals surface area contributed by atoms with Crippen LogP contribution >= 0.6 is 0 Å². The average Bonchev–Trinajstić information content (AvgIpc) is 2.52. The molecule has 1 aliphatic rings. The third kappa shape index (κ3) is 4.46. The maximum atomic E-state index is 13.2. The van der Waals surface area contributed by atoms with Crippen LogP contribution < -0.4 is 4.74 Å². The van der Waals surface area contributed by atoms with Crippen molar-refractivity contribution in [3.8, 4) is 5.75 Å². The highest BCUT2D eigenvalue weighted by Crippen LogP contribution is 2.19. The van der Waals surface area contributed by atoms with Gasteiger partial charge in [0.25, 0.3) is 5.91 Å². The molecule has 0 aromatic heterocycles. The number of hydrogen-bond acceptors (Lipinski definition) is 3. The summed E-state index contributed by atoms with van der Waals surface area (Å²) in [6, 6.07) is 5.74. The molecule has 0 spiro atoms. The normalized spacial score (nSPS) is 16.7. The molecule has 5 nitrogen and oxygen atoms in total. The number of ether oxygens (including phenoxy) is 1. The summed E-state index contributed by atoms with van der Waals surface area (Å²) in [5.74, 6) is -0.125. The molecule has 1 unspecified atom stereocenters. The molecule has 1 aliphatic heterocycles. The van der Waals surface area contributed by atoms with Gasteiger partial charge < -0.3 is 14.5 Å². The lowest BCUT2D eigenvalue weighted by Gasteiger charge is -2.38. The van der Waals surface area contributed by atoms with Crippen LogP contribution in [-0.2, 0) is 9.59 Å². The van der Waals surface area contributed by atoms with Crippen LogP contribution in [0.15, 0.2) is 24.3 Å². The Hall–Kier alpha value is -2.11. The maximum Gasteiger partial charge on any atom is 0.263 e. The van der Waals surface area contributed by atoms with Crippen molar-refractivity contribution in [3.63, 3.8) is 0 Å². The van der Waals surface area contributed by atoms with Gasteiger partial charge in [0, 0.05) is 37.7 Å². The number of hydrogen-bond donors (Lipinski definition) is 0. The number of rotatable bonds is 3. The van der Waals surface area contributed by atoms with E-state index in [1.165, 1.54) is 12.1 Å². The van der Waals surface area contributed by atoms with Crippen molar-refractivity contribution in [2.75, 3.05) is 26.2 Å². The van der Waals surface area contributed by atoms with E-state index in [4.69, 9.17) is 4.74 Å². The Morgan fingerprint density at radius 2 is 1.71 bits per heavy atom. The minimum atomic E-state index is -0.698. The van der Waals surface area contributed by atoms with E-state index in [0.717, 1.165) is 0 Å². The molecule has 1 atom stereocenters. The third-order valence-corrected chi connectivity index (χ3v) is 3.98. The van der Waals surface area contributed by atoms with Gasteiger partial charge in [0.05, 0.1) is 0 Å². The first-order valence-electron chi connectivity index (χ1n) is 8.19. The van der Waals surface area contributed by atoms with Crippen LogP contribution in [0, 0.1) is 11.2 Å². The summed E-state index contributed by atoms with van der Waals surface area (Å²) in [5, 5.41) is 0. The van der Waals surface area contributed by atoms with Gasteiger partial charge in [-0.15, -0.1) is 0 Å². The summed E-state index contributed by atoms with van der Waals surface area (Å²) in [4.78, 5) is 28.2. The molecule has 0 bridgehead atoms. The van der Waals surface area contributed by atoms with Crippen molar-refractivity contribution in [2.24, 2.45) is 5.41 Å². The van der Waals surface area contributed by atoms with E-state index in [1.54, 1.807) is 28.9 Å². The highest BCUT2D eigenvalue weighted by Gasteiger charge is 2.32. The predicted molar refractivity (Wildman–Crippen MR) is 89.1 cm³/mol. The predicted octanol–water partition coefficient (Wildman–Crippen LogP) is 2.31. The molecule has 24 heavy (non-hydrogen) atoms. The van der Waals surface area contributed by atoms with Crippen LogP contribution in [0.25, 0.3) is 0 Å². The summed E-state index contributed by atoms with van der Waals surface area (Å²) < 4.78 is 18.7. The van der Waals surface area contributed by atoms with Crippen molar-refractivity contribution in [2.45, 2.75) is 33.8 Å². The van der Waals surface area contributed by atoms with Gasteiger partial charge in [-0.3, -0.25) is 9.59 Å². The van der Waals surface area contributed by atoms with E-state index in [0.29, 0.717) is 31.9 Å². The molecule has 0 aliphatic carbocycles. The monoisotopic (exact) mass is 336 g/mol. The van der Waals surface area contributed by atoms with Crippen molar-refractivity contribution >= 4 is 11.8 Å². The standard InChI is InChI=1S/C18H25FN2O3/c1-13(24-15-7-5-6-14(19)12-15)16(22)20-8-10-21(11-9-20)17(23)18(2,3)4/h5-7,12-13H,8-11H2,1-4H3. The van der Waals surface area contributed by atoms with Crippen LogP contribution in [0.1, 0.15) is 27.7 Å². The molecule has 0 saturated carbocycles. The van der Waals surface area contributed by atoms with E-state index in [1.807, 2.05) is 20.8 Å². The van der Waals surface area contributed by atoms with E-state index in [2.05, 4.69) is 0 Å². The lowest BCUT2D eigenvalue weighted by molar-refractivity contribution is -0.147. The second kappa shape index (κ2) is 7.20. The van der Waals surface area contributed by atoms with E-state index >= 15 is 0 Å². The van der Waals surface area contributed by atoms with Crippen LogP contribution in [-0.4, -0.2) is 53.9 Å². The molecular weight excluding hydrogens is 311 g/mol. The number of halogens is 1. The highest BCUT2D eigenvalue weighted by atomic mass is 19.1. The first-order valence-corrected chi connectivity index (χ1v) is 8.19. The van der Waals surface area contributed by atoms with Gasteiger partial charge in [-0.25, -0.2) is 4.39 Å². The fourth-order valence-electron chi connectivity index (χ4n) is 2.66. The van der Waals surface area contributed by atoms with E-state index < -0.39 is 17.3 Å². The Kier molecular flexibility index (Phi) is 5.47. The van der Waals surface area contributed by atoms with Crippen LogP contribution in [0.3, 0.4) is 0 Å². The fraction of sp³-hybridized carbons (Fsp3) is 0.556. The molecule has 0 radical (unpaired) electrons. The summed E-state index contributed by atoms with van der Waals surface area (Å²) in [7, 11) is 0. The lowest BCUT2D eigenvalue weighted by atomic mass is 9.94. The Bertz CT molecular complexity index is 605. The van der Waals surface area contributed by atoms with Crippen LogP contribution in [0.4, 0.5) is 4.39 Å². The average molecular weight is 336 g/mol. The van der Waals surface area contributed by atoms with Gasteiger partial charge in [0.1, 0.15) is 11.6 Å². The second-order valence-corrected chi connectivity index (χ2v) is 7.08. The van der Waals surface area contributed by atoms with Gasteiger partial charge in [-0.2, -0.15) is 0 Å². The fourth-order valence-corrected chi connectivity index (χ4v) is 2.66. The Morgan fingerprint density at radius 1 is 1.12 bits per heavy atom. The molecule has 132 valence electrons. The topological polar surface area (TPSA) is 49.9 Å². The molecule has 1 heterocycles. The Balaban J connectivity index is 1.89. The Labute approximate surface area is 142 Å². The van der Waals surface area contributed by atoms with Crippen LogP contribution in [0.5, 0.6) is 5.75 Å². The second-order valence-electron chi connectivity index (χ2n) is 7.08. The lowest BCUT2D eigenvalue weighted by Crippen LogP contribution is -2.55. The number of nitrogens with zero attached hydrogens (tertiary/aromatic N) is 2. The summed E-state index contributed by atoms with van der Waals surface area (Å²) in [5.41, 5.74) is -0.417. The van der Waals surface area contributed by atoms with Crippen molar-refractivity contribution in [3.05, 3.63) is 30.1 Å². The molecular formula is C18H25FN2O3. The SMILES string of the molecule is CC(Oc1cccc(F)c1)C(=O)N1CCN(C(=O)C(C)(C)C)CC1. The van der Waals surface area contributed by atoms with Gasteiger partial charge >= 0.3 is 0 Å². The highest BCUT2D eigenvalue weighted by molar-refractivity contribution is 5.83. The molecule has 6 heteroatoms. The minimum Gasteiger partial charge on any atom is -0.481 e. The quantitative estimate of drug-likeness (QED) is 0.851. The van der Waals surface area contributed by atoms with Gasteiger partial charge in [0.15, 0.2) is 6.10 Å². The maximum absolute atomic E-state index is 13.2. The number of carbonyl (C=O) groups is 2. The van der Waals surface area contributed by atoms with Crippen molar-refractivity contribution in [1.82, 2.24) is 9.80 Å². The Morgan fingerprint density at radius 3 is 2.25 bits per heavy atom. The van der Waals surface area contributed by atoms with Crippen LogP contribution in [0.2, 0.25) is 0 Å². The molecule has 1 saturated heterocycles. The molecule has 1 fully saturated rings. The van der Waals surface area contributed by atoms with Crippen molar-refractivity contribution < 1.29 is 18.7 Å². The zero-order valence-corrected chi connectivity index (χ0v) is 14.7. The number of piperazine rings is 1. The number of benzene rings is 1. The molecule has 1 aromatic carbocycles. The number of amides is 2. The summed E-state index contributed by atoms with van der Waals surface area (Å²) in [6.45, 7) is 9.34. The van der Waals surface area contributed by atoms with E-state index in [9.17, 15) is 14.0 Å². The van der Waals surface area contributed by atoms with E-state index in [-0.39, 0.29) is 11.8 Å². The van der Waals surface area contributed by atoms with Gasteiger partial charge in [0.2, 0.25) is 5.91 Å².